The van der Waals surface area contributed by atoms with Crippen molar-refractivity contribution in [2.24, 2.45) is 0 Å². The van der Waals surface area contributed by atoms with E-state index in [1.54, 1.807) is 6.92 Å². The maximum atomic E-state index is 13.3. The molecule has 0 atom stereocenters. The molecule has 0 aliphatic carbocycles. The van der Waals surface area contributed by atoms with Crippen molar-refractivity contribution in [1.29, 1.82) is 0 Å². The van der Waals surface area contributed by atoms with Gasteiger partial charge in [0.2, 0.25) is 0 Å². The number of carbonyl (C=O) groups is 1. The average Bonchev–Trinajstić information content (AvgIpc) is 2.37. The first-order valence-electron chi connectivity index (χ1n) is 5.60. The number of anilines is 2. The van der Waals surface area contributed by atoms with Gasteiger partial charge >= 0.3 is 0 Å². The van der Waals surface area contributed by atoms with E-state index in [-0.39, 0.29) is 11.3 Å². The number of carbonyl (C=O) groups excluding carboxylic acids is 1. The zero-order valence-electron chi connectivity index (χ0n) is 10.2. The fourth-order valence-electron chi connectivity index (χ4n) is 1.56. The van der Waals surface area contributed by atoms with Gasteiger partial charge in [0, 0.05) is 11.3 Å². The number of rotatable bonds is 2. The Balaban J connectivity index is 2.20. The van der Waals surface area contributed by atoms with Crippen molar-refractivity contribution >= 4 is 17.3 Å². The van der Waals surface area contributed by atoms with E-state index in [0.29, 0.717) is 11.3 Å². The average molecular weight is 262 g/mol. The summed E-state index contributed by atoms with van der Waals surface area (Å²) in [4.78, 5) is 11.9. The van der Waals surface area contributed by atoms with Gasteiger partial charge < -0.3 is 11.1 Å². The first kappa shape index (κ1) is 13.0. The van der Waals surface area contributed by atoms with Crippen LogP contribution in [0.2, 0.25) is 0 Å². The van der Waals surface area contributed by atoms with E-state index in [2.05, 4.69) is 5.32 Å². The monoisotopic (exact) mass is 262 g/mol. The largest absolute Gasteiger partial charge is 0.396 e. The number of hydrogen-bond acceptors (Lipinski definition) is 2. The van der Waals surface area contributed by atoms with Gasteiger partial charge in [-0.15, -0.1) is 0 Å². The molecule has 0 fully saturated rings. The van der Waals surface area contributed by atoms with Crippen LogP contribution in [0.15, 0.2) is 36.4 Å². The Kier molecular flexibility index (Phi) is 3.46. The number of benzene rings is 2. The highest BCUT2D eigenvalue weighted by Gasteiger charge is 2.09. The zero-order chi connectivity index (χ0) is 14.0. The van der Waals surface area contributed by atoms with Crippen molar-refractivity contribution in [1.82, 2.24) is 0 Å². The van der Waals surface area contributed by atoms with Crippen molar-refractivity contribution < 1.29 is 13.6 Å². The number of aryl methyl sites for hydroxylation is 1. The van der Waals surface area contributed by atoms with Gasteiger partial charge in [-0.3, -0.25) is 4.79 Å². The molecule has 3 nitrogen and oxygen atoms in total. The summed E-state index contributed by atoms with van der Waals surface area (Å²) in [5, 5.41) is 2.52. The number of nitrogens with one attached hydrogen (secondary N) is 1. The molecule has 19 heavy (non-hydrogen) atoms. The van der Waals surface area contributed by atoms with Crippen LogP contribution in [0, 0.1) is 18.6 Å². The summed E-state index contributed by atoms with van der Waals surface area (Å²) in [7, 11) is 0. The molecule has 2 aromatic rings. The molecule has 0 aliphatic rings. The molecule has 0 bridgehead atoms. The fourth-order valence-corrected chi connectivity index (χ4v) is 1.56. The van der Waals surface area contributed by atoms with Gasteiger partial charge in [0.25, 0.3) is 5.91 Å². The molecule has 2 aromatic carbocycles. The van der Waals surface area contributed by atoms with Crippen molar-refractivity contribution in [2.45, 2.75) is 6.92 Å². The third kappa shape index (κ3) is 2.88. The van der Waals surface area contributed by atoms with Gasteiger partial charge in [0.05, 0.1) is 5.69 Å². The van der Waals surface area contributed by atoms with Gasteiger partial charge in [-0.1, -0.05) is 6.07 Å². The maximum absolute atomic E-state index is 13.3. The number of hydrogen-bond donors (Lipinski definition) is 2. The SMILES string of the molecule is Cc1ccc(C(=O)Nc2ccc(F)c(N)c2)cc1F. The molecular weight excluding hydrogens is 250 g/mol. The third-order valence-electron chi connectivity index (χ3n) is 2.69. The molecule has 0 unspecified atom stereocenters. The first-order chi connectivity index (χ1) is 8.97. The molecule has 0 radical (unpaired) electrons. The molecule has 0 spiro atoms. The zero-order valence-corrected chi connectivity index (χ0v) is 10.2. The van der Waals surface area contributed by atoms with Gasteiger partial charge in [0.15, 0.2) is 0 Å². The van der Waals surface area contributed by atoms with Crippen LogP contribution in [-0.2, 0) is 0 Å². The summed E-state index contributed by atoms with van der Waals surface area (Å²) < 4.78 is 26.3. The minimum absolute atomic E-state index is 0.0621. The lowest BCUT2D eigenvalue weighted by Gasteiger charge is -2.07. The molecule has 0 heterocycles. The number of amides is 1. The quantitative estimate of drug-likeness (QED) is 0.817. The van der Waals surface area contributed by atoms with Crippen LogP contribution in [0.5, 0.6) is 0 Å². The van der Waals surface area contributed by atoms with Crippen LogP contribution in [0.25, 0.3) is 0 Å². The lowest BCUT2D eigenvalue weighted by Crippen LogP contribution is -2.12. The second-order valence-electron chi connectivity index (χ2n) is 4.15. The van der Waals surface area contributed by atoms with Crippen LogP contribution in [-0.4, -0.2) is 5.91 Å². The van der Waals surface area contributed by atoms with Crippen LogP contribution < -0.4 is 11.1 Å². The Morgan fingerprint density at radius 1 is 1.11 bits per heavy atom. The van der Waals surface area contributed by atoms with Crippen LogP contribution in [0.3, 0.4) is 0 Å². The molecule has 98 valence electrons. The van der Waals surface area contributed by atoms with Gasteiger partial charge in [-0.25, -0.2) is 8.78 Å². The normalized spacial score (nSPS) is 10.3. The highest BCUT2D eigenvalue weighted by Crippen LogP contribution is 2.17. The molecule has 2 rings (SSSR count). The summed E-state index contributed by atoms with van der Waals surface area (Å²) in [5.74, 6) is -1.49. The molecule has 0 saturated heterocycles. The van der Waals surface area contributed by atoms with Crippen molar-refractivity contribution in [3.05, 3.63) is 59.2 Å². The van der Waals surface area contributed by atoms with Crippen molar-refractivity contribution in [2.75, 3.05) is 11.1 Å². The Morgan fingerprint density at radius 3 is 2.47 bits per heavy atom. The highest BCUT2D eigenvalue weighted by atomic mass is 19.1. The van der Waals surface area contributed by atoms with E-state index in [9.17, 15) is 13.6 Å². The van der Waals surface area contributed by atoms with Gasteiger partial charge in [-0.2, -0.15) is 0 Å². The summed E-state index contributed by atoms with van der Waals surface area (Å²) >= 11 is 0. The minimum atomic E-state index is -0.556. The molecule has 5 heteroatoms. The fraction of sp³-hybridized carbons (Fsp3) is 0.0714. The molecule has 0 aromatic heterocycles. The molecule has 1 amide bonds. The minimum Gasteiger partial charge on any atom is -0.396 e. The van der Waals surface area contributed by atoms with Crippen molar-refractivity contribution in [3.8, 4) is 0 Å². The summed E-state index contributed by atoms with van der Waals surface area (Å²) in [6.07, 6.45) is 0. The van der Waals surface area contributed by atoms with E-state index < -0.39 is 17.5 Å². The Morgan fingerprint density at radius 2 is 1.84 bits per heavy atom. The Bertz CT molecular complexity index is 641. The lowest BCUT2D eigenvalue weighted by atomic mass is 10.1. The lowest BCUT2D eigenvalue weighted by molar-refractivity contribution is 0.102. The van der Waals surface area contributed by atoms with E-state index in [4.69, 9.17) is 5.73 Å². The molecule has 3 N–H and O–H groups in total. The predicted octanol–water partition coefficient (Wildman–Crippen LogP) is 3.11. The molecular formula is C14H12F2N2O. The molecule has 0 aliphatic heterocycles. The second kappa shape index (κ2) is 5.06. The second-order valence-corrected chi connectivity index (χ2v) is 4.15. The van der Waals surface area contributed by atoms with Gasteiger partial charge in [0.1, 0.15) is 11.6 Å². The molecule has 0 saturated carbocycles. The maximum Gasteiger partial charge on any atom is 0.255 e. The number of nitrogens with two attached hydrogens (primary N) is 1. The van der Waals surface area contributed by atoms with Crippen LogP contribution >= 0.6 is 0 Å². The number of nitrogen functional groups attached to an aromatic ring is 1. The standard InChI is InChI=1S/C14H12F2N2O/c1-8-2-3-9(6-12(8)16)14(19)18-10-4-5-11(15)13(17)7-10/h2-7H,17H2,1H3,(H,18,19). The highest BCUT2D eigenvalue weighted by molar-refractivity contribution is 6.04. The third-order valence-corrected chi connectivity index (χ3v) is 2.69. The predicted molar refractivity (Wildman–Crippen MR) is 69.9 cm³/mol. The van der Waals surface area contributed by atoms with E-state index in [1.807, 2.05) is 0 Å². The Labute approximate surface area is 109 Å². The number of halogens is 2. The summed E-state index contributed by atoms with van der Waals surface area (Å²) in [6, 6.07) is 8.02. The van der Waals surface area contributed by atoms with Crippen LogP contribution in [0.1, 0.15) is 15.9 Å². The summed E-state index contributed by atoms with van der Waals surface area (Å²) in [6.45, 7) is 1.61. The van der Waals surface area contributed by atoms with Crippen LogP contribution in [0.4, 0.5) is 20.2 Å². The Hall–Kier alpha value is -2.43. The van der Waals surface area contributed by atoms with E-state index >= 15 is 0 Å². The topological polar surface area (TPSA) is 55.1 Å². The summed E-state index contributed by atoms with van der Waals surface area (Å²) in [5.41, 5.74) is 6.33. The van der Waals surface area contributed by atoms with E-state index in [1.165, 1.54) is 24.3 Å². The first-order valence-corrected chi connectivity index (χ1v) is 5.60. The van der Waals surface area contributed by atoms with E-state index in [0.717, 1.165) is 12.1 Å². The smallest absolute Gasteiger partial charge is 0.255 e. The van der Waals surface area contributed by atoms with Gasteiger partial charge in [-0.05, 0) is 42.8 Å². The van der Waals surface area contributed by atoms with Crippen molar-refractivity contribution in [3.63, 3.8) is 0 Å².